The fourth-order valence-electron chi connectivity index (χ4n) is 3.07. The van der Waals surface area contributed by atoms with Gasteiger partial charge >= 0.3 is 0 Å². The lowest BCUT2D eigenvalue weighted by molar-refractivity contribution is -0.113. The fourth-order valence-corrected chi connectivity index (χ4v) is 3.25. The van der Waals surface area contributed by atoms with Gasteiger partial charge in [-0.3, -0.25) is 4.79 Å². The van der Waals surface area contributed by atoms with E-state index in [1.54, 1.807) is 12.1 Å². The highest BCUT2D eigenvalue weighted by Gasteiger charge is 2.18. The minimum absolute atomic E-state index is 0.172. The van der Waals surface area contributed by atoms with Crippen molar-refractivity contribution in [1.82, 2.24) is 0 Å². The number of nitrogens with one attached hydrogen (secondary N) is 1. The summed E-state index contributed by atoms with van der Waals surface area (Å²) in [5, 5.41) is 3.54. The topological polar surface area (TPSA) is 50.8 Å². The van der Waals surface area contributed by atoms with E-state index in [2.05, 4.69) is 10.2 Å². The number of rotatable bonds is 3. The number of morpholine rings is 1. The zero-order valence-electron chi connectivity index (χ0n) is 14.2. The highest BCUT2D eigenvalue weighted by atomic mass is 35.5. The fraction of sp³-hybridized carbons (Fsp3) is 0.250. The molecule has 0 unspecified atom stereocenters. The highest BCUT2D eigenvalue weighted by molar-refractivity contribution is 6.30. The van der Waals surface area contributed by atoms with Crippen LogP contribution in [0.4, 0.5) is 11.4 Å². The first-order valence-electron chi connectivity index (χ1n) is 8.56. The molecule has 2 aliphatic rings. The summed E-state index contributed by atoms with van der Waals surface area (Å²) in [6.07, 6.45) is 1.82. The zero-order chi connectivity index (χ0) is 17.9. The molecule has 0 radical (unpaired) electrons. The summed E-state index contributed by atoms with van der Waals surface area (Å²) in [5.74, 6) is 0.565. The number of anilines is 2. The van der Waals surface area contributed by atoms with Crippen LogP contribution < -0.4 is 15.0 Å². The summed E-state index contributed by atoms with van der Waals surface area (Å²) in [7, 11) is 0. The summed E-state index contributed by atoms with van der Waals surface area (Å²) in [4.78, 5) is 14.8. The van der Waals surface area contributed by atoms with Crippen LogP contribution >= 0.6 is 11.6 Å². The van der Waals surface area contributed by atoms with Gasteiger partial charge in [0, 0.05) is 35.1 Å². The number of ether oxygens (including phenoxy) is 2. The number of amides is 1. The molecule has 0 saturated carbocycles. The molecule has 2 aliphatic heterocycles. The van der Waals surface area contributed by atoms with Crippen LogP contribution in [0.2, 0.25) is 5.02 Å². The smallest absolute Gasteiger partial charge is 0.255 e. The van der Waals surface area contributed by atoms with Crippen molar-refractivity contribution in [3.63, 3.8) is 0 Å². The molecule has 26 heavy (non-hydrogen) atoms. The summed E-state index contributed by atoms with van der Waals surface area (Å²) in [5.41, 5.74) is 3.27. The van der Waals surface area contributed by atoms with Crippen LogP contribution in [0.3, 0.4) is 0 Å². The molecule has 5 nitrogen and oxygen atoms in total. The van der Waals surface area contributed by atoms with Gasteiger partial charge < -0.3 is 19.7 Å². The van der Waals surface area contributed by atoms with Crippen molar-refractivity contribution < 1.29 is 14.3 Å². The van der Waals surface area contributed by atoms with Crippen LogP contribution in [0.15, 0.2) is 48.0 Å². The van der Waals surface area contributed by atoms with Crippen LogP contribution in [-0.2, 0) is 9.53 Å². The molecule has 0 atom stereocenters. The molecule has 4 rings (SSSR count). The summed E-state index contributed by atoms with van der Waals surface area (Å²) >= 11 is 6.02. The van der Waals surface area contributed by atoms with Crippen LogP contribution in [0, 0.1) is 0 Å². The molecule has 0 bridgehead atoms. The van der Waals surface area contributed by atoms with Crippen LogP contribution in [0.5, 0.6) is 5.75 Å². The monoisotopic (exact) mass is 370 g/mol. The lowest BCUT2D eigenvalue weighted by Gasteiger charge is -2.28. The second-order valence-corrected chi connectivity index (χ2v) is 6.68. The number of fused-ring (bicyclic) bond motifs is 1. The van der Waals surface area contributed by atoms with Gasteiger partial charge in [0.1, 0.15) is 12.4 Å². The van der Waals surface area contributed by atoms with E-state index in [1.165, 1.54) is 0 Å². The number of nitrogens with zero attached hydrogens (tertiary/aromatic N) is 1. The number of carbonyl (C=O) groups excluding carboxylic acids is 1. The molecule has 1 amide bonds. The Morgan fingerprint density at radius 2 is 1.85 bits per heavy atom. The summed E-state index contributed by atoms with van der Waals surface area (Å²) in [6, 6.07) is 13.2. The van der Waals surface area contributed by atoms with E-state index in [0.29, 0.717) is 10.6 Å². The van der Waals surface area contributed by atoms with Gasteiger partial charge in [-0.15, -0.1) is 0 Å². The van der Waals surface area contributed by atoms with Gasteiger partial charge in [0.05, 0.1) is 18.8 Å². The molecule has 0 spiro atoms. The summed E-state index contributed by atoms with van der Waals surface area (Å²) in [6.45, 7) is 3.51. The Kier molecular flexibility index (Phi) is 4.82. The lowest BCUT2D eigenvalue weighted by atomic mass is 10.1. The largest absolute Gasteiger partial charge is 0.488 e. The summed E-state index contributed by atoms with van der Waals surface area (Å²) < 4.78 is 11.0. The van der Waals surface area contributed by atoms with Crippen molar-refractivity contribution in [2.45, 2.75) is 0 Å². The first-order chi connectivity index (χ1) is 12.7. The van der Waals surface area contributed by atoms with Crippen molar-refractivity contribution in [2.24, 2.45) is 0 Å². The van der Waals surface area contributed by atoms with Gasteiger partial charge in [0.2, 0.25) is 0 Å². The van der Waals surface area contributed by atoms with E-state index >= 15 is 0 Å². The lowest BCUT2D eigenvalue weighted by Crippen LogP contribution is -2.36. The molecular weight excluding hydrogens is 352 g/mol. The molecule has 0 aliphatic carbocycles. The van der Waals surface area contributed by atoms with Crippen molar-refractivity contribution in [2.75, 3.05) is 43.1 Å². The molecule has 6 heteroatoms. The van der Waals surface area contributed by atoms with E-state index in [1.807, 2.05) is 36.4 Å². The van der Waals surface area contributed by atoms with E-state index < -0.39 is 0 Å². The minimum Gasteiger partial charge on any atom is -0.488 e. The third-order valence-electron chi connectivity index (χ3n) is 4.48. The van der Waals surface area contributed by atoms with Crippen molar-refractivity contribution in [1.29, 1.82) is 0 Å². The Balaban J connectivity index is 1.45. The van der Waals surface area contributed by atoms with Gasteiger partial charge in [-0.25, -0.2) is 0 Å². The predicted octanol–water partition coefficient (Wildman–Crippen LogP) is 3.59. The molecule has 1 N–H and O–H groups in total. The van der Waals surface area contributed by atoms with E-state index in [-0.39, 0.29) is 12.5 Å². The maximum absolute atomic E-state index is 12.5. The first-order valence-corrected chi connectivity index (χ1v) is 8.94. The first kappa shape index (κ1) is 16.9. The maximum atomic E-state index is 12.5. The highest BCUT2D eigenvalue weighted by Crippen LogP contribution is 2.29. The van der Waals surface area contributed by atoms with Gasteiger partial charge in [-0.2, -0.15) is 0 Å². The van der Waals surface area contributed by atoms with Crippen molar-refractivity contribution in [3.8, 4) is 5.75 Å². The standard InChI is InChI=1S/C20H19ClN2O3/c21-16-1-6-19-14(12-16)11-15(13-26-19)20(24)22-17-2-4-18(5-3-17)23-7-9-25-10-8-23/h1-6,11-12H,7-10,13H2,(H,22,24). The molecule has 1 saturated heterocycles. The number of halogens is 1. The molecule has 2 aromatic carbocycles. The van der Waals surface area contributed by atoms with Gasteiger partial charge in [0.15, 0.2) is 0 Å². The minimum atomic E-state index is -0.172. The maximum Gasteiger partial charge on any atom is 0.255 e. The van der Waals surface area contributed by atoms with E-state index in [0.717, 1.165) is 49.0 Å². The van der Waals surface area contributed by atoms with Crippen LogP contribution in [0.25, 0.3) is 6.08 Å². The Morgan fingerprint density at radius 1 is 1.08 bits per heavy atom. The number of carbonyl (C=O) groups is 1. The molecule has 2 aromatic rings. The Labute approximate surface area is 157 Å². The molecule has 2 heterocycles. The molecule has 0 aromatic heterocycles. The number of benzene rings is 2. The van der Waals surface area contributed by atoms with Crippen LogP contribution in [-0.4, -0.2) is 38.8 Å². The predicted molar refractivity (Wildman–Crippen MR) is 103 cm³/mol. The third kappa shape index (κ3) is 3.69. The SMILES string of the molecule is O=C(Nc1ccc(N2CCOCC2)cc1)C1=Cc2cc(Cl)ccc2OC1. The quantitative estimate of drug-likeness (QED) is 0.897. The van der Waals surface area contributed by atoms with Crippen molar-refractivity contribution >= 4 is 35.0 Å². The Hall–Kier alpha value is -2.50. The van der Waals surface area contributed by atoms with Gasteiger partial charge in [0.25, 0.3) is 5.91 Å². The van der Waals surface area contributed by atoms with Crippen LogP contribution in [0.1, 0.15) is 5.56 Å². The average Bonchev–Trinajstić information content (AvgIpc) is 2.68. The number of hydrogen-bond acceptors (Lipinski definition) is 4. The molecule has 1 fully saturated rings. The second kappa shape index (κ2) is 7.40. The zero-order valence-corrected chi connectivity index (χ0v) is 15.0. The normalized spacial score (nSPS) is 16.3. The van der Waals surface area contributed by atoms with Crippen molar-refractivity contribution in [3.05, 3.63) is 58.6 Å². The molecule has 134 valence electrons. The average molecular weight is 371 g/mol. The number of hydrogen-bond donors (Lipinski definition) is 1. The second-order valence-electron chi connectivity index (χ2n) is 6.24. The van der Waals surface area contributed by atoms with E-state index in [9.17, 15) is 4.79 Å². The van der Waals surface area contributed by atoms with Gasteiger partial charge in [-0.05, 0) is 48.5 Å². The third-order valence-corrected chi connectivity index (χ3v) is 4.71. The molecular formula is C20H19ClN2O3. The Bertz CT molecular complexity index is 843. The van der Waals surface area contributed by atoms with Gasteiger partial charge in [-0.1, -0.05) is 11.6 Å². The Morgan fingerprint density at radius 3 is 2.62 bits per heavy atom. The van der Waals surface area contributed by atoms with E-state index in [4.69, 9.17) is 21.1 Å².